The summed E-state index contributed by atoms with van der Waals surface area (Å²) in [5.41, 5.74) is 2.71. The Morgan fingerprint density at radius 1 is 0.810 bits per heavy atom. The number of nitrogens with one attached hydrogen (secondary N) is 1. The summed E-state index contributed by atoms with van der Waals surface area (Å²) in [6, 6.07) is 22.5. The molecule has 0 amide bonds. The van der Waals surface area contributed by atoms with Crippen molar-refractivity contribution in [2.24, 2.45) is 5.92 Å². The minimum Gasteiger partial charge on any atom is -0.303 e. The van der Waals surface area contributed by atoms with E-state index in [9.17, 15) is 0 Å². The first-order chi connectivity index (χ1) is 10.3. The lowest BCUT2D eigenvalue weighted by atomic mass is 9.94. The fourth-order valence-corrected chi connectivity index (χ4v) is 3.53. The van der Waals surface area contributed by atoms with Crippen LogP contribution in [0.5, 0.6) is 0 Å². The van der Waals surface area contributed by atoms with Crippen molar-refractivity contribution in [3.05, 3.63) is 71.8 Å². The van der Waals surface area contributed by atoms with Crippen LogP contribution in [0.2, 0.25) is 0 Å². The van der Waals surface area contributed by atoms with Gasteiger partial charge in [-0.05, 0) is 36.8 Å². The molecule has 1 saturated carbocycles. The van der Waals surface area contributed by atoms with E-state index >= 15 is 0 Å². The molecular weight excluding hydrogens is 254 g/mol. The van der Waals surface area contributed by atoms with Crippen molar-refractivity contribution in [3.63, 3.8) is 0 Å². The van der Waals surface area contributed by atoms with Crippen molar-refractivity contribution in [2.45, 2.75) is 44.7 Å². The number of hydrogen-bond acceptors (Lipinski definition) is 1. The van der Waals surface area contributed by atoms with E-state index in [0.29, 0.717) is 12.1 Å². The van der Waals surface area contributed by atoms with E-state index in [1.54, 1.807) is 0 Å². The largest absolute Gasteiger partial charge is 0.303 e. The Kier molecular flexibility index (Phi) is 4.72. The Morgan fingerprint density at radius 2 is 1.29 bits per heavy atom. The van der Waals surface area contributed by atoms with Crippen LogP contribution in [0.15, 0.2) is 60.7 Å². The summed E-state index contributed by atoms with van der Waals surface area (Å²) in [5, 5.41) is 3.89. The lowest BCUT2D eigenvalue weighted by Crippen LogP contribution is -2.36. The van der Waals surface area contributed by atoms with Crippen LogP contribution in [0.4, 0.5) is 0 Å². The van der Waals surface area contributed by atoms with Gasteiger partial charge in [0, 0.05) is 6.04 Å². The second-order valence-electron chi connectivity index (χ2n) is 6.25. The molecule has 1 unspecified atom stereocenters. The van der Waals surface area contributed by atoms with E-state index in [2.05, 4.69) is 72.9 Å². The van der Waals surface area contributed by atoms with E-state index in [1.807, 2.05) is 0 Å². The maximum Gasteiger partial charge on any atom is 0.0578 e. The SMILES string of the molecule is CC(NC(c1ccccc1)c1ccccc1)C1CCCC1. The van der Waals surface area contributed by atoms with Crippen molar-refractivity contribution in [1.29, 1.82) is 0 Å². The highest BCUT2D eigenvalue weighted by Crippen LogP contribution is 2.30. The summed E-state index contributed by atoms with van der Waals surface area (Å²) >= 11 is 0. The third-order valence-corrected chi connectivity index (χ3v) is 4.80. The van der Waals surface area contributed by atoms with Crippen LogP contribution in [0, 0.1) is 5.92 Å². The van der Waals surface area contributed by atoms with E-state index in [-0.39, 0.29) is 0 Å². The highest BCUT2D eigenvalue weighted by molar-refractivity contribution is 5.31. The molecule has 2 aromatic carbocycles. The van der Waals surface area contributed by atoms with Gasteiger partial charge in [0.1, 0.15) is 0 Å². The monoisotopic (exact) mass is 279 g/mol. The van der Waals surface area contributed by atoms with Crippen LogP contribution in [-0.2, 0) is 0 Å². The smallest absolute Gasteiger partial charge is 0.0578 e. The molecule has 0 bridgehead atoms. The molecule has 1 N–H and O–H groups in total. The molecule has 1 nitrogen and oxygen atoms in total. The van der Waals surface area contributed by atoms with Crippen LogP contribution in [0.3, 0.4) is 0 Å². The molecule has 110 valence electrons. The standard InChI is InChI=1S/C20H25N/c1-16(17-10-8-9-11-17)21-20(18-12-4-2-5-13-18)19-14-6-3-7-15-19/h2-7,12-17,20-21H,8-11H2,1H3. The maximum absolute atomic E-state index is 3.89. The van der Waals surface area contributed by atoms with Gasteiger partial charge in [0.05, 0.1) is 6.04 Å². The molecule has 3 rings (SSSR count). The van der Waals surface area contributed by atoms with Gasteiger partial charge >= 0.3 is 0 Å². The lowest BCUT2D eigenvalue weighted by molar-refractivity contribution is 0.361. The number of rotatable bonds is 5. The van der Waals surface area contributed by atoms with Crippen LogP contribution in [0.1, 0.15) is 49.8 Å². The molecule has 0 aromatic heterocycles. The van der Waals surface area contributed by atoms with Gasteiger partial charge in [-0.15, -0.1) is 0 Å². The van der Waals surface area contributed by atoms with Crippen molar-refractivity contribution < 1.29 is 0 Å². The Balaban J connectivity index is 1.82. The van der Waals surface area contributed by atoms with Gasteiger partial charge in [-0.25, -0.2) is 0 Å². The first kappa shape index (κ1) is 14.3. The average Bonchev–Trinajstić information content (AvgIpc) is 3.09. The molecule has 0 aliphatic heterocycles. The minimum absolute atomic E-state index is 0.294. The summed E-state index contributed by atoms with van der Waals surface area (Å²) in [7, 11) is 0. The van der Waals surface area contributed by atoms with Gasteiger partial charge in [0.25, 0.3) is 0 Å². The Morgan fingerprint density at radius 3 is 1.76 bits per heavy atom. The van der Waals surface area contributed by atoms with Crippen molar-refractivity contribution in [3.8, 4) is 0 Å². The van der Waals surface area contributed by atoms with Gasteiger partial charge < -0.3 is 5.32 Å². The van der Waals surface area contributed by atoms with Gasteiger partial charge in [-0.1, -0.05) is 73.5 Å². The molecule has 0 spiro atoms. The quantitative estimate of drug-likeness (QED) is 0.817. The van der Waals surface area contributed by atoms with Crippen molar-refractivity contribution >= 4 is 0 Å². The molecule has 1 atom stereocenters. The second-order valence-corrected chi connectivity index (χ2v) is 6.25. The van der Waals surface area contributed by atoms with Crippen LogP contribution < -0.4 is 5.32 Å². The predicted octanol–water partition coefficient (Wildman–Crippen LogP) is 4.94. The normalized spacial score (nSPS) is 17.2. The number of benzene rings is 2. The van der Waals surface area contributed by atoms with Gasteiger partial charge in [0.15, 0.2) is 0 Å². The van der Waals surface area contributed by atoms with E-state index in [1.165, 1.54) is 36.8 Å². The average molecular weight is 279 g/mol. The summed E-state index contributed by atoms with van der Waals surface area (Å²) in [5.74, 6) is 0.833. The third-order valence-electron chi connectivity index (χ3n) is 4.80. The van der Waals surface area contributed by atoms with Gasteiger partial charge in [-0.3, -0.25) is 0 Å². The van der Waals surface area contributed by atoms with Crippen molar-refractivity contribution in [2.75, 3.05) is 0 Å². The molecular formula is C20H25N. The van der Waals surface area contributed by atoms with Gasteiger partial charge in [-0.2, -0.15) is 0 Å². The summed E-state index contributed by atoms with van der Waals surface area (Å²) < 4.78 is 0. The molecule has 0 heterocycles. The summed E-state index contributed by atoms with van der Waals surface area (Å²) in [4.78, 5) is 0. The van der Waals surface area contributed by atoms with E-state index < -0.39 is 0 Å². The molecule has 0 saturated heterocycles. The highest BCUT2D eigenvalue weighted by atomic mass is 15.0. The maximum atomic E-state index is 3.89. The Labute approximate surface area is 128 Å². The summed E-state index contributed by atoms with van der Waals surface area (Å²) in [6.45, 7) is 2.36. The Bertz CT molecular complexity index is 489. The molecule has 1 aliphatic carbocycles. The van der Waals surface area contributed by atoms with E-state index in [0.717, 1.165) is 5.92 Å². The fourth-order valence-electron chi connectivity index (χ4n) is 3.53. The van der Waals surface area contributed by atoms with Gasteiger partial charge in [0.2, 0.25) is 0 Å². The van der Waals surface area contributed by atoms with Crippen LogP contribution in [-0.4, -0.2) is 6.04 Å². The first-order valence-corrected chi connectivity index (χ1v) is 8.20. The van der Waals surface area contributed by atoms with Crippen LogP contribution >= 0.6 is 0 Å². The second kappa shape index (κ2) is 6.91. The number of hydrogen-bond donors (Lipinski definition) is 1. The molecule has 0 radical (unpaired) electrons. The zero-order valence-corrected chi connectivity index (χ0v) is 12.8. The first-order valence-electron chi connectivity index (χ1n) is 8.20. The third kappa shape index (κ3) is 3.54. The minimum atomic E-state index is 0.294. The molecule has 21 heavy (non-hydrogen) atoms. The highest BCUT2D eigenvalue weighted by Gasteiger charge is 2.24. The molecule has 2 aromatic rings. The Hall–Kier alpha value is -1.60. The zero-order chi connectivity index (χ0) is 14.5. The fraction of sp³-hybridized carbons (Fsp3) is 0.400. The molecule has 1 fully saturated rings. The van der Waals surface area contributed by atoms with Crippen LogP contribution in [0.25, 0.3) is 0 Å². The summed E-state index contributed by atoms with van der Waals surface area (Å²) in [6.07, 6.45) is 5.56. The molecule has 1 aliphatic rings. The lowest BCUT2D eigenvalue weighted by Gasteiger charge is -2.28. The topological polar surface area (TPSA) is 12.0 Å². The zero-order valence-electron chi connectivity index (χ0n) is 12.8. The van der Waals surface area contributed by atoms with Crippen molar-refractivity contribution in [1.82, 2.24) is 5.32 Å². The predicted molar refractivity (Wildman–Crippen MR) is 89.3 cm³/mol. The van der Waals surface area contributed by atoms with E-state index in [4.69, 9.17) is 0 Å². The molecule has 1 heteroatoms.